The van der Waals surface area contributed by atoms with Crippen molar-refractivity contribution in [2.45, 2.75) is 52.5 Å². The monoisotopic (exact) mass is 396 g/mol. The summed E-state index contributed by atoms with van der Waals surface area (Å²) < 4.78 is 21.5. The van der Waals surface area contributed by atoms with E-state index in [-0.39, 0.29) is 23.7 Å². The van der Waals surface area contributed by atoms with Gasteiger partial charge >= 0.3 is 0 Å². The SMILES string of the molecule is Cc1cc(C(=O)NC(c2nc(C3CC3)no2)C(C)C)c(C)n1-c1ccccc1F. The molecule has 0 bridgehead atoms. The van der Waals surface area contributed by atoms with Gasteiger partial charge in [-0.3, -0.25) is 4.79 Å². The summed E-state index contributed by atoms with van der Waals surface area (Å²) in [4.78, 5) is 17.6. The fourth-order valence-electron chi connectivity index (χ4n) is 3.61. The van der Waals surface area contributed by atoms with E-state index in [0.717, 1.165) is 24.4 Å². The van der Waals surface area contributed by atoms with Gasteiger partial charge in [0.1, 0.15) is 11.9 Å². The Morgan fingerprint density at radius 1 is 1.28 bits per heavy atom. The molecule has 6 nitrogen and oxygen atoms in total. The zero-order valence-electron chi connectivity index (χ0n) is 17.1. The molecular formula is C22H25FN4O2. The highest BCUT2D eigenvalue weighted by Crippen LogP contribution is 2.38. The van der Waals surface area contributed by atoms with Crippen molar-refractivity contribution in [1.29, 1.82) is 0 Å². The van der Waals surface area contributed by atoms with E-state index in [1.165, 1.54) is 6.07 Å². The van der Waals surface area contributed by atoms with Gasteiger partial charge in [0, 0.05) is 17.3 Å². The second kappa shape index (κ2) is 7.46. The van der Waals surface area contributed by atoms with E-state index in [1.54, 1.807) is 28.8 Å². The van der Waals surface area contributed by atoms with E-state index in [1.807, 2.05) is 27.7 Å². The molecule has 1 saturated carbocycles. The van der Waals surface area contributed by atoms with E-state index in [9.17, 15) is 9.18 Å². The molecule has 1 unspecified atom stereocenters. The van der Waals surface area contributed by atoms with E-state index < -0.39 is 0 Å². The standard InChI is InChI=1S/C22H25FN4O2/c1-12(2)19(22-25-20(26-29-22)15-9-10-15)24-21(28)16-11-13(3)27(14(16)4)18-8-6-5-7-17(18)23/h5-8,11-12,15,19H,9-10H2,1-4H3,(H,24,28). The zero-order valence-corrected chi connectivity index (χ0v) is 17.1. The van der Waals surface area contributed by atoms with E-state index in [4.69, 9.17) is 4.52 Å². The lowest BCUT2D eigenvalue weighted by Crippen LogP contribution is -2.32. The van der Waals surface area contributed by atoms with Crippen LogP contribution in [0.2, 0.25) is 0 Å². The van der Waals surface area contributed by atoms with Crippen LogP contribution in [0.25, 0.3) is 5.69 Å². The number of carbonyl (C=O) groups excluding carboxylic acids is 1. The molecule has 152 valence electrons. The fourth-order valence-corrected chi connectivity index (χ4v) is 3.61. The van der Waals surface area contributed by atoms with Gasteiger partial charge in [0.05, 0.1) is 11.3 Å². The summed E-state index contributed by atoms with van der Waals surface area (Å²) in [6.07, 6.45) is 2.17. The van der Waals surface area contributed by atoms with Gasteiger partial charge in [-0.1, -0.05) is 31.1 Å². The van der Waals surface area contributed by atoms with Gasteiger partial charge < -0.3 is 14.4 Å². The van der Waals surface area contributed by atoms with Gasteiger partial charge in [-0.2, -0.15) is 4.98 Å². The van der Waals surface area contributed by atoms with Crippen LogP contribution >= 0.6 is 0 Å². The van der Waals surface area contributed by atoms with Crippen LogP contribution < -0.4 is 5.32 Å². The summed E-state index contributed by atoms with van der Waals surface area (Å²) >= 11 is 0. The molecule has 2 aromatic heterocycles. The molecule has 1 atom stereocenters. The first kappa shape index (κ1) is 19.4. The van der Waals surface area contributed by atoms with Crippen molar-refractivity contribution < 1.29 is 13.7 Å². The van der Waals surface area contributed by atoms with Crippen molar-refractivity contribution in [3.8, 4) is 5.69 Å². The normalized spacial score (nSPS) is 15.0. The maximum Gasteiger partial charge on any atom is 0.253 e. The van der Waals surface area contributed by atoms with Crippen LogP contribution in [0.3, 0.4) is 0 Å². The third-order valence-corrected chi connectivity index (χ3v) is 5.39. The third-order valence-electron chi connectivity index (χ3n) is 5.39. The van der Waals surface area contributed by atoms with Gasteiger partial charge in [-0.05, 0) is 50.8 Å². The third kappa shape index (κ3) is 3.69. The van der Waals surface area contributed by atoms with Crippen molar-refractivity contribution in [3.05, 3.63) is 64.8 Å². The smallest absolute Gasteiger partial charge is 0.253 e. The first-order valence-electron chi connectivity index (χ1n) is 9.95. The highest BCUT2D eigenvalue weighted by molar-refractivity contribution is 5.96. The predicted octanol–water partition coefficient (Wildman–Crippen LogP) is 4.62. The quantitative estimate of drug-likeness (QED) is 0.660. The van der Waals surface area contributed by atoms with E-state index >= 15 is 0 Å². The molecule has 1 aromatic carbocycles. The number of aryl methyl sites for hydroxylation is 1. The number of amides is 1. The van der Waals surface area contributed by atoms with Gasteiger partial charge in [0.2, 0.25) is 5.89 Å². The summed E-state index contributed by atoms with van der Waals surface area (Å²) in [5.41, 5.74) is 2.38. The summed E-state index contributed by atoms with van der Waals surface area (Å²) in [5, 5.41) is 7.09. The molecule has 1 aliphatic rings. The number of carbonyl (C=O) groups is 1. The van der Waals surface area contributed by atoms with Crippen LogP contribution in [0.5, 0.6) is 0 Å². The maximum atomic E-state index is 14.3. The van der Waals surface area contributed by atoms with Gasteiger partial charge in [-0.15, -0.1) is 0 Å². The van der Waals surface area contributed by atoms with Crippen LogP contribution in [0.1, 0.15) is 72.1 Å². The molecule has 1 aliphatic carbocycles. The number of nitrogens with one attached hydrogen (secondary N) is 1. The number of hydrogen-bond donors (Lipinski definition) is 1. The van der Waals surface area contributed by atoms with Crippen LogP contribution in [-0.2, 0) is 0 Å². The average Bonchev–Trinajstić information content (AvgIpc) is 3.34. The minimum atomic E-state index is -0.390. The number of nitrogens with zero attached hydrogens (tertiary/aromatic N) is 3. The van der Waals surface area contributed by atoms with Crippen molar-refractivity contribution in [1.82, 2.24) is 20.0 Å². The molecule has 1 fully saturated rings. The van der Waals surface area contributed by atoms with Crippen LogP contribution in [0.4, 0.5) is 4.39 Å². The highest BCUT2D eigenvalue weighted by Gasteiger charge is 2.32. The lowest BCUT2D eigenvalue weighted by Gasteiger charge is -2.18. The Kier molecular flexibility index (Phi) is 4.98. The number of para-hydroxylation sites is 1. The zero-order chi connectivity index (χ0) is 20.7. The summed E-state index contributed by atoms with van der Waals surface area (Å²) in [5.74, 6) is 1.03. The lowest BCUT2D eigenvalue weighted by atomic mass is 10.0. The van der Waals surface area contributed by atoms with Crippen LogP contribution in [-0.4, -0.2) is 20.6 Å². The first-order valence-corrected chi connectivity index (χ1v) is 9.95. The topological polar surface area (TPSA) is 73.0 Å². The molecule has 3 aromatic rings. The summed E-state index contributed by atoms with van der Waals surface area (Å²) in [7, 11) is 0. The van der Waals surface area contributed by atoms with Crippen molar-refractivity contribution in [3.63, 3.8) is 0 Å². The average molecular weight is 396 g/mol. The van der Waals surface area contributed by atoms with Gasteiger partial charge in [0.25, 0.3) is 5.91 Å². The molecule has 0 saturated heterocycles. The van der Waals surface area contributed by atoms with Crippen molar-refractivity contribution in [2.24, 2.45) is 5.92 Å². The number of benzene rings is 1. The highest BCUT2D eigenvalue weighted by atomic mass is 19.1. The Hall–Kier alpha value is -2.96. The Morgan fingerprint density at radius 3 is 2.66 bits per heavy atom. The Morgan fingerprint density at radius 2 is 2.00 bits per heavy atom. The molecule has 29 heavy (non-hydrogen) atoms. The summed E-state index contributed by atoms with van der Waals surface area (Å²) in [6.45, 7) is 7.66. The van der Waals surface area contributed by atoms with Crippen molar-refractivity contribution >= 4 is 5.91 Å². The minimum absolute atomic E-state index is 0.0708. The molecule has 4 rings (SSSR count). The van der Waals surface area contributed by atoms with Crippen LogP contribution in [0.15, 0.2) is 34.9 Å². The number of halogens is 1. The first-order chi connectivity index (χ1) is 13.9. The van der Waals surface area contributed by atoms with E-state index in [2.05, 4.69) is 15.5 Å². The lowest BCUT2D eigenvalue weighted by molar-refractivity contribution is 0.0913. The molecular weight excluding hydrogens is 371 g/mol. The number of hydrogen-bond acceptors (Lipinski definition) is 4. The van der Waals surface area contributed by atoms with E-state index in [0.29, 0.717) is 28.8 Å². The number of aromatic nitrogens is 3. The molecule has 7 heteroatoms. The van der Waals surface area contributed by atoms with Crippen LogP contribution in [0, 0.1) is 25.6 Å². The molecule has 0 spiro atoms. The Balaban J connectivity index is 1.61. The maximum absolute atomic E-state index is 14.3. The molecule has 2 heterocycles. The summed E-state index contributed by atoms with van der Waals surface area (Å²) in [6, 6.07) is 7.92. The molecule has 0 aliphatic heterocycles. The Bertz CT molecular complexity index is 1050. The second-order valence-corrected chi connectivity index (χ2v) is 8.03. The van der Waals surface area contributed by atoms with Crippen molar-refractivity contribution in [2.75, 3.05) is 0 Å². The van der Waals surface area contributed by atoms with Gasteiger partial charge in [0.15, 0.2) is 5.82 Å². The molecule has 0 radical (unpaired) electrons. The van der Waals surface area contributed by atoms with Gasteiger partial charge in [-0.25, -0.2) is 4.39 Å². The number of rotatable bonds is 6. The largest absolute Gasteiger partial charge is 0.340 e. The molecule has 1 amide bonds. The minimum Gasteiger partial charge on any atom is -0.340 e. The second-order valence-electron chi connectivity index (χ2n) is 8.03. The predicted molar refractivity (Wildman–Crippen MR) is 107 cm³/mol. The fraction of sp³-hybridized carbons (Fsp3) is 0.409. The molecule has 1 N–H and O–H groups in total. The Labute approximate surface area is 169 Å².